The van der Waals surface area contributed by atoms with E-state index in [1.54, 1.807) is 0 Å². The molecule has 1 fully saturated rings. The van der Waals surface area contributed by atoms with E-state index in [0.29, 0.717) is 11.7 Å². The van der Waals surface area contributed by atoms with Crippen LogP contribution >= 0.6 is 11.6 Å². The topological polar surface area (TPSA) is 48.2 Å². The largest absolute Gasteiger partial charge is 0.378 e. The second-order valence-electron chi connectivity index (χ2n) is 3.84. The first-order valence-electron chi connectivity index (χ1n) is 5.31. The Hall–Kier alpha value is -0.610. The maximum atomic E-state index is 6.03. The third-order valence-electron chi connectivity index (χ3n) is 2.79. The summed E-state index contributed by atoms with van der Waals surface area (Å²) < 4.78 is 10.7. The zero-order valence-corrected chi connectivity index (χ0v) is 9.70. The summed E-state index contributed by atoms with van der Waals surface area (Å²) in [4.78, 5) is 4.32. The lowest BCUT2D eigenvalue weighted by molar-refractivity contribution is 0.113. The van der Waals surface area contributed by atoms with Crippen LogP contribution < -0.4 is 0 Å². The molecule has 0 saturated carbocycles. The molecule has 0 radical (unpaired) electrons. The summed E-state index contributed by atoms with van der Waals surface area (Å²) in [7, 11) is 0. The van der Waals surface area contributed by atoms with Crippen molar-refractivity contribution in [2.75, 3.05) is 6.61 Å². The number of rotatable bonds is 3. The van der Waals surface area contributed by atoms with Crippen LogP contribution in [0.15, 0.2) is 4.52 Å². The zero-order valence-electron chi connectivity index (χ0n) is 8.94. The van der Waals surface area contributed by atoms with Crippen LogP contribution in [0, 0.1) is 0 Å². The van der Waals surface area contributed by atoms with E-state index in [0.717, 1.165) is 19.4 Å². The molecule has 1 saturated heterocycles. The average molecular weight is 231 g/mol. The third kappa shape index (κ3) is 2.16. The standard InChI is InChI=1S/C10H15ClN2O2/c1-3-8(11)9-12-10(15-13-9)7-4-5-14-6(7)2/h6-8H,3-5H2,1-2H3. The summed E-state index contributed by atoms with van der Waals surface area (Å²) in [5.41, 5.74) is 0. The van der Waals surface area contributed by atoms with Gasteiger partial charge in [0.25, 0.3) is 0 Å². The lowest BCUT2D eigenvalue weighted by Gasteiger charge is -2.07. The second-order valence-corrected chi connectivity index (χ2v) is 4.36. The van der Waals surface area contributed by atoms with Crippen LogP contribution in [0.1, 0.15) is 49.7 Å². The van der Waals surface area contributed by atoms with Gasteiger partial charge < -0.3 is 9.26 Å². The second kappa shape index (κ2) is 4.49. The molecule has 15 heavy (non-hydrogen) atoms. The van der Waals surface area contributed by atoms with Gasteiger partial charge in [0.15, 0.2) is 5.82 Å². The van der Waals surface area contributed by atoms with E-state index in [1.807, 2.05) is 13.8 Å². The lowest BCUT2D eigenvalue weighted by Crippen LogP contribution is -2.09. The molecule has 3 unspecified atom stereocenters. The van der Waals surface area contributed by atoms with Gasteiger partial charge in [-0.2, -0.15) is 4.98 Å². The van der Waals surface area contributed by atoms with Crippen molar-refractivity contribution in [2.24, 2.45) is 0 Å². The number of ether oxygens (including phenoxy) is 1. The van der Waals surface area contributed by atoms with Gasteiger partial charge in [-0.25, -0.2) is 0 Å². The fourth-order valence-electron chi connectivity index (χ4n) is 1.76. The van der Waals surface area contributed by atoms with Crippen molar-refractivity contribution < 1.29 is 9.26 Å². The molecule has 0 aromatic carbocycles. The van der Waals surface area contributed by atoms with Crippen molar-refractivity contribution in [3.8, 4) is 0 Å². The highest BCUT2D eigenvalue weighted by atomic mass is 35.5. The number of halogens is 1. The van der Waals surface area contributed by atoms with E-state index in [4.69, 9.17) is 20.9 Å². The lowest BCUT2D eigenvalue weighted by atomic mass is 10.0. The Kier molecular flexibility index (Phi) is 3.26. The van der Waals surface area contributed by atoms with E-state index >= 15 is 0 Å². The van der Waals surface area contributed by atoms with Crippen LogP contribution in [0.5, 0.6) is 0 Å². The number of hydrogen-bond acceptors (Lipinski definition) is 4. The van der Waals surface area contributed by atoms with Gasteiger partial charge in [0, 0.05) is 6.61 Å². The van der Waals surface area contributed by atoms with E-state index in [1.165, 1.54) is 0 Å². The summed E-state index contributed by atoms with van der Waals surface area (Å²) in [5, 5.41) is 3.74. The smallest absolute Gasteiger partial charge is 0.232 e. The first-order valence-corrected chi connectivity index (χ1v) is 5.75. The predicted octanol–water partition coefficient (Wildman–Crippen LogP) is 2.65. The van der Waals surface area contributed by atoms with E-state index in [9.17, 15) is 0 Å². The van der Waals surface area contributed by atoms with Gasteiger partial charge in [-0.3, -0.25) is 0 Å². The SMILES string of the molecule is CCC(Cl)c1noc(C2CCOC2C)n1. The van der Waals surface area contributed by atoms with Crippen LogP contribution in [-0.2, 0) is 4.74 Å². The summed E-state index contributed by atoms with van der Waals surface area (Å²) in [6, 6.07) is 0. The monoisotopic (exact) mass is 230 g/mol. The van der Waals surface area contributed by atoms with E-state index in [2.05, 4.69) is 10.1 Å². The van der Waals surface area contributed by atoms with Crippen molar-refractivity contribution in [3.63, 3.8) is 0 Å². The van der Waals surface area contributed by atoms with Crippen molar-refractivity contribution >= 4 is 11.6 Å². The van der Waals surface area contributed by atoms with Crippen molar-refractivity contribution in [1.82, 2.24) is 10.1 Å². The molecule has 4 nitrogen and oxygen atoms in total. The molecule has 0 N–H and O–H groups in total. The fourth-order valence-corrected chi connectivity index (χ4v) is 1.85. The summed E-state index contributed by atoms with van der Waals surface area (Å²) in [5.74, 6) is 1.48. The third-order valence-corrected chi connectivity index (χ3v) is 3.29. The molecule has 1 aromatic rings. The average Bonchev–Trinajstić information content (AvgIpc) is 2.84. The van der Waals surface area contributed by atoms with Crippen LogP contribution in [0.4, 0.5) is 0 Å². The first kappa shape index (κ1) is 10.9. The Balaban J connectivity index is 2.12. The Morgan fingerprint density at radius 3 is 3.00 bits per heavy atom. The van der Waals surface area contributed by atoms with Gasteiger partial charge in [0.2, 0.25) is 5.89 Å². The first-order chi connectivity index (χ1) is 7.22. The summed E-state index contributed by atoms with van der Waals surface area (Å²) in [6.07, 6.45) is 1.91. The number of hydrogen-bond donors (Lipinski definition) is 0. The van der Waals surface area contributed by atoms with Crippen LogP contribution in [0.3, 0.4) is 0 Å². The summed E-state index contributed by atoms with van der Waals surface area (Å²) in [6.45, 7) is 4.79. The Bertz CT molecular complexity index is 329. The maximum Gasteiger partial charge on any atom is 0.232 e. The molecule has 84 valence electrons. The van der Waals surface area contributed by atoms with Crippen molar-refractivity contribution in [2.45, 2.75) is 44.1 Å². The highest BCUT2D eigenvalue weighted by Gasteiger charge is 2.31. The van der Waals surface area contributed by atoms with Gasteiger partial charge in [-0.15, -0.1) is 11.6 Å². The van der Waals surface area contributed by atoms with Crippen molar-refractivity contribution in [3.05, 3.63) is 11.7 Å². The molecule has 0 bridgehead atoms. The Morgan fingerprint density at radius 1 is 1.60 bits per heavy atom. The maximum absolute atomic E-state index is 6.03. The van der Waals surface area contributed by atoms with Gasteiger partial charge in [-0.05, 0) is 19.8 Å². The molecule has 1 aliphatic rings. The number of aromatic nitrogens is 2. The zero-order chi connectivity index (χ0) is 10.8. The van der Waals surface area contributed by atoms with Gasteiger partial charge in [0.1, 0.15) is 0 Å². The molecule has 0 spiro atoms. The molecule has 5 heteroatoms. The Labute approximate surface area is 93.9 Å². The molecule has 3 atom stereocenters. The molecule has 0 aliphatic carbocycles. The van der Waals surface area contributed by atoms with Crippen LogP contribution in [-0.4, -0.2) is 22.9 Å². The van der Waals surface area contributed by atoms with Crippen LogP contribution in [0.25, 0.3) is 0 Å². The fraction of sp³-hybridized carbons (Fsp3) is 0.800. The quantitative estimate of drug-likeness (QED) is 0.749. The number of nitrogens with zero attached hydrogens (tertiary/aromatic N) is 2. The van der Waals surface area contributed by atoms with E-state index in [-0.39, 0.29) is 17.4 Å². The highest BCUT2D eigenvalue weighted by molar-refractivity contribution is 6.20. The molecule has 1 aromatic heterocycles. The van der Waals surface area contributed by atoms with Gasteiger partial charge in [0.05, 0.1) is 17.4 Å². The molecular formula is C10H15ClN2O2. The molecule has 1 aliphatic heterocycles. The minimum Gasteiger partial charge on any atom is -0.378 e. The van der Waals surface area contributed by atoms with Crippen molar-refractivity contribution in [1.29, 1.82) is 0 Å². The summed E-state index contributed by atoms with van der Waals surface area (Å²) >= 11 is 6.03. The molecule has 2 heterocycles. The molecular weight excluding hydrogens is 216 g/mol. The highest BCUT2D eigenvalue weighted by Crippen LogP contribution is 2.31. The molecule has 2 rings (SSSR count). The normalized spacial score (nSPS) is 28.2. The minimum atomic E-state index is -0.153. The molecule has 0 amide bonds. The van der Waals surface area contributed by atoms with E-state index < -0.39 is 0 Å². The van der Waals surface area contributed by atoms with Gasteiger partial charge in [-0.1, -0.05) is 12.1 Å². The predicted molar refractivity (Wildman–Crippen MR) is 56.0 cm³/mol. The Morgan fingerprint density at radius 2 is 2.40 bits per heavy atom. The minimum absolute atomic E-state index is 0.153. The van der Waals surface area contributed by atoms with Crippen LogP contribution in [0.2, 0.25) is 0 Å². The number of alkyl halides is 1. The van der Waals surface area contributed by atoms with Gasteiger partial charge >= 0.3 is 0 Å².